The predicted molar refractivity (Wildman–Crippen MR) is 80.5 cm³/mol. The zero-order valence-electron chi connectivity index (χ0n) is 13.3. The van der Waals surface area contributed by atoms with Gasteiger partial charge in [-0.1, -0.05) is 13.3 Å². The van der Waals surface area contributed by atoms with E-state index in [4.69, 9.17) is 0 Å². The predicted octanol–water partition coefficient (Wildman–Crippen LogP) is 0.667. The molecular formula is C13H24N4O3S. The van der Waals surface area contributed by atoms with Crippen molar-refractivity contribution >= 4 is 15.9 Å². The van der Waals surface area contributed by atoms with Crippen LogP contribution in [0.2, 0.25) is 0 Å². The first kappa shape index (κ1) is 17.6. The first-order valence-corrected chi connectivity index (χ1v) is 8.39. The molecule has 0 aliphatic rings. The Morgan fingerprint density at radius 3 is 2.48 bits per heavy atom. The fourth-order valence-corrected chi connectivity index (χ4v) is 3.24. The fourth-order valence-electron chi connectivity index (χ4n) is 1.99. The molecule has 0 aliphatic carbocycles. The number of unbranched alkanes of at least 4 members (excludes halogenated alkanes) is 1. The smallest absolute Gasteiger partial charge is 0.246 e. The van der Waals surface area contributed by atoms with Gasteiger partial charge in [-0.05, 0) is 20.3 Å². The van der Waals surface area contributed by atoms with E-state index >= 15 is 0 Å². The number of hydrogen-bond donors (Lipinski definition) is 1. The van der Waals surface area contributed by atoms with E-state index in [1.807, 2.05) is 6.92 Å². The van der Waals surface area contributed by atoms with Gasteiger partial charge in [-0.3, -0.25) is 9.48 Å². The average molecular weight is 316 g/mol. The number of carbonyl (C=O) groups excluding carboxylic acids is 1. The molecule has 0 saturated carbocycles. The van der Waals surface area contributed by atoms with Gasteiger partial charge in [-0.15, -0.1) is 0 Å². The Bertz CT molecular complexity index is 605. The highest BCUT2D eigenvalue weighted by Crippen LogP contribution is 2.21. The van der Waals surface area contributed by atoms with Crippen LogP contribution in [0.4, 0.5) is 0 Å². The Labute approximate surface area is 126 Å². The van der Waals surface area contributed by atoms with Crippen LogP contribution in [0.1, 0.15) is 31.2 Å². The van der Waals surface area contributed by atoms with Crippen LogP contribution in [-0.2, 0) is 21.4 Å². The van der Waals surface area contributed by atoms with Crippen molar-refractivity contribution in [3.8, 4) is 0 Å². The SMILES string of the molecule is CCCCNC(=O)Cn1nc(C)c(S(=O)(=O)N(C)C)c1C. The summed E-state index contributed by atoms with van der Waals surface area (Å²) in [5, 5.41) is 6.97. The number of aromatic nitrogens is 2. The van der Waals surface area contributed by atoms with Crippen LogP contribution in [0.3, 0.4) is 0 Å². The summed E-state index contributed by atoms with van der Waals surface area (Å²) in [6, 6.07) is 0. The first-order valence-electron chi connectivity index (χ1n) is 6.95. The third-order valence-corrected chi connectivity index (χ3v) is 5.27. The number of nitrogens with one attached hydrogen (secondary N) is 1. The summed E-state index contributed by atoms with van der Waals surface area (Å²) in [5.74, 6) is -0.164. The summed E-state index contributed by atoms with van der Waals surface area (Å²) in [7, 11) is -0.605. The van der Waals surface area contributed by atoms with Crippen LogP contribution in [-0.4, -0.2) is 49.1 Å². The molecule has 120 valence electrons. The Hall–Kier alpha value is -1.41. The zero-order chi connectivity index (χ0) is 16.2. The minimum absolute atomic E-state index is 0.0271. The maximum atomic E-state index is 12.3. The van der Waals surface area contributed by atoms with Gasteiger partial charge in [0.25, 0.3) is 0 Å². The standard InChI is InChI=1S/C13H24N4O3S/c1-6-7-8-14-12(18)9-17-11(3)13(10(2)15-17)21(19,20)16(4)5/h6-9H2,1-5H3,(H,14,18). The van der Waals surface area contributed by atoms with Gasteiger partial charge in [-0.2, -0.15) is 5.10 Å². The number of carbonyl (C=O) groups is 1. The highest BCUT2D eigenvalue weighted by Gasteiger charge is 2.27. The molecule has 0 aliphatic heterocycles. The minimum Gasteiger partial charge on any atom is -0.354 e. The fraction of sp³-hybridized carbons (Fsp3) is 0.692. The van der Waals surface area contributed by atoms with Crippen molar-refractivity contribution in [3.63, 3.8) is 0 Å². The molecule has 0 aromatic carbocycles. The number of rotatable bonds is 7. The lowest BCUT2D eigenvalue weighted by molar-refractivity contribution is -0.121. The molecule has 8 heteroatoms. The largest absolute Gasteiger partial charge is 0.354 e. The second kappa shape index (κ2) is 7.04. The summed E-state index contributed by atoms with van der Waals surface area (Å²) >= 11 is 0. The molecule has 21 heavy (non-hydrogen) atoms. The first-order chi connectivity index (χ1) is 9.71. The van der Waals surface area contributed by atoms with Crippen LogP contribution < -0.4 is 5.32 Å². The molecule has 7 nitrogen and oxygen atoms in total. The highest BCUT2D eigenvalue weighted by atomic mass is 32.2. The Morgan fingerprint density at radius 2 is 1.95 bits per heavy atom. The summed E-state index contributed by atoms with van der Waals surface area (Å²) < 4.78 is 27.1. The summed E-state index contributed by atoms with van der Waals surface area (Å²) in [6.07, 6.45) is 1.93. The van der Waals surface area contributed by atoms with E-state index in [1.165, 1.54) is 18.8 Å². The van der Waals surface area contributed by atoms with Gasteiger partial charge in [0.1, 0.15) is 11.4 Å². The molecule has 0 unspecified atom stereocenters. The maximum Gasteiger partial charge on any atom is 0.246 e. The van der Waals surface area contributed by atoms with Gasteiger partial charge in [0.2, 0.25) is 15.9 Å². The van der Waals surface area contributed by atoms with Crippen LogP contribution in [0.25, 0.3) is 0 Å². The van der Waals surface area contributed by atoms with Gasteiger partial charge in [0, 0.05) is 20.6 Å². The van der Waals surface area contributed by atoms with Crippen molar-refractivity contribution in [1.29, 1.82) is 0 Å². The third-order valence-electron chi connectivity index (χ3n) is 3.20. The van der Waals surface area contributed by atoms with Gasteiger partial charge >= 0.3 is 0 Å². The van der Waals surface area contributed by atoms with E-state index in [0.717, 1.165) is 17.1 Å². The van der Waals surface area contributed by atoms with Gasteiger partial charge in [0.15, 0.2) is 0 Å². The molecule has 0 radical (unpaired) electrons. The molecule has 0 saturated heterocycles. The molecule has 1 rings (SSSR count). The lowest BCUT2D eigenvalue weighted by Gasteiger charge is -2.11. The number of amides is 1. The van der Waals surface area contributed by atoms with E-state index < -0.39 is 10.0 Å². The molecule has 1 heterocycles. The molecule has 1 aromatic rings. The van der Waals surface area contributed by atoms with Crippen molar-refractivity contribution < 1.29 is 13.2 Å². The summed E-state index contributed by atoms with van der Waals surface area (Å²) in [5.41, 5.74) is 0.884. The number of nitrogens with zero attached hydrogens (tertiary/aromatic N) is 3. The summed E-state index contributed by atoms with van der Waals surface area (Å²) in [4.78, 5) is 12.0. The quantitative estimate of drug-likeness (QED) is 0.749. The molecule has 1 aromatic heterocycles. The lowest BCUT2D eigenvalue weighted by atomic mass is 10.3. The highest BCUT2D eigenvalue weighted by molar-refractivity contribution is 7.89. The summed E-state index contributed by atoms with van der Waals surface area (Å²) in [6.45, 7) is 5.99. The molecular weight excluding hydrogens is 292 g/mol. The van der Waals surface area contributed by atoms with Crippen LogP contribution >= 0.6 is 0 Å². The average Bonchev–Trinajstić information content (AvgIpc) is 2.64. The van der Waals surface area contributed by atoms with Crippen LogP contribution in [0, 0.1) is 13.8 Å². The zero-order valence-corrected chi connectivity index (χ0v) is 14.1. The molecule has 0 bridgehead atoms. The van der Waals surface area contributed by atoms with E-state index in [0.29, 0.717) is 17.9 Å². The second-order valence-corrected chi connectivity index (χ2v) is 7.24. The third kappa shape index (κ3) is 4.04. The molecule has 0 atom stereocenters. The minimum atomic E-state index is -3.56. The van der Waals surface area contributed by atoms with Crippen molar-refractivity contribution in [2.24, 2.45) is 0 Å². The Morgan fingerprint density at radius 1 is 1.33 bits per heavy atom. The van der Waals surface area contributed by atoms with Crippen molar-refractivity contribution in [3.05, 3.63) is 11.4 Å². The topological polar surface area (TPSA) is 84.3 Å². The van der Waals surface area contributed by atoms with Crippen molar-refractivity contribution in [1.82, 2.24) is 19.4 Å². The monoisotopic (exact) mass is 316 g/mol. The molecule has 0 spiro atoms. The van der Waals surface area contributed by atoms with Crippen LogP contribution in [0.5, 0.6) is 0 Å². The van der Waals surface area contributed by atoms with E-state index in [9.17, 15) is 13.2 Å². The Kier molecular flexibility index (Phi) is 5.91. The molecule has 0 fully saturated rings. The number of sulfonamides is 1. The van der Waals surface area contributed by atoms with Gasteiger partial charge < -0.3 is 5.32 Å². The number of aryl methyl sites for hydroxylation is 1. The van der Waals surface area contributed by atoms with Crippen LogP contribution in [0.15, 0.2) is 4.90 Å². The van der Waals surface area contributed by atoms with E-state index in [1.54, 1.807) is 13.8 Å². The van der Waals surface area contributed by atoms with Gasteiger partial charge in [0.05, 0.1) is 11.4 Å². The molecule has 1 N–H and O–H groups in total. The number of hydrogen-bond acceptors (Lipinski definition) is 4. The van der Waals surface area contributed by atoms with Crippen molar-refractivity contribution in [2.45, 2.75) is 45.1 Å². The maximum absolute atomic E-state index is 12.3. The second-order valence-electron chi connectivity index (χ2n) is 5.15. The van der Waals surface area contributed by atoms with Gasteiger partial charge in [-0.25, -0.2) is 12.7 Å². The van der Waals surface area contributed by atoms with Crippen molar-refractivity contribution in [2.75, 3.05) is 20.6 Å². The lowest BCUT2D eigenvalue weighted by Crippen LogP contribution is -2.29. The Balaban J connectivity index is 2.96. The normalized spacial score (nSPS) is 11.9. The van der Waals surface area contributed by atoms with E-state index in [2.05, 4.69) is 10.4 Å². The molecule has 1 amide bonds. The van der Waals surface area contributed by atoms with E-state index in [-0.39, 0.29) is 17.3 Å².